The first-order valence-electron chi connectivity index (χ1n) is 12.8. The summed E-state index contributed by atoms with van der Waals surface area (Å²) in [6, 6.07) is 4.33. The summed E-state index contributed by atoms with van der Waals surface area (Å²) < 4.78 is 17.4. The minimum Gasteiger partial charge on any atom is -0.465 e. The van der Waals surface area contributed by atoms with Crippen LogP contribution in [0.5, 0.6) is 5.75 Å². The van der Waals surface area contributed by atoms with Crippen molar-refractivity contribution in [1.82, 2.24) is 4.90 Å². The van der Waals surface area contributed by atoms with Crippen molar-refractivity contribution in [3.8, 4) is 5.75 Å². The van der Waals surface area contributed by atoms with E-state index in [2.05, 4.69) is 30.9 Å². The van der Waals surface area contributed by atoms with Gasteiger partial charge in [-0.05, 0) is 102 Å². The quantitative estimate of drug-likeness (QED) is 0.568. The SMILES string of the molecule is Cc1cc(OC2CCCCO2)cc(C)c1N1CC(CC2CCN(C(=O)OC(C)(C)C)CC2)C1. The maximum absolute atomic E-state index is 12.3. The molecular formula is C27H42N2O4. The Kier molecular flexibility index (Phi) is 7.42. The highest BCUT2D eigenvalue weighted by Crippen LogP contribution is 2.37. The first-order chi connectivity index (χ1) is 15.7. The highest BCUT2D eigenvalue weighted by molar-refractivity contribution is 5.68. The van der Waals surface area contributed by atoms with Crippen molar-refractivity contribution in [1.29, 1.82) is 0 Å². The Bertz CT molecular complexity index is 791. The number of likely N-dealkylation sites (tertiary alicyclic amines) is 1. The van der Waals surface area contributed by atoms with E-state index in [0.29, 0.717) is 5.92 Å². The molecule has 3 heterocycles. The number of ether oxygens (including phenoxy) is 3. The van der Waals surface area contributed by atoms with Gasteiger partial charge in [0.1, 0.15) is 11.4 Å². The number of piperidine rings is 1. The van der Waals surface area contributed by atoms with Gasteiger partial charge in [-0.2, -0.15) is 0 Å². The third-order valence-electron chi connectivity index (χ3n) is 7.08. The van der Waals surface area contributed by atoms with Crippen molar-refractivity contribution in [2.24, 2.45) is 11.8 Å². The van der Waals surface area contributed by atoms with Crippen LogP contribution < -0.4 is 9.64 Å². The second-order valence-electron chi connectivity index (χ2n) is 11.2. The molecule has 0 N–H and O–H groups in total. The van der Waals surface area contributed by atoms with Gasteiger partial charge in [-0.15, -0.1) is 0 Å². The number of aryl methyl sites for hydroxylation is 2. The van der Waals surface area contributed by atoms with Gasteiger partial charge < -0.3 is 24.0 Å². The van der Waals surface area contributed by atoms with Crippen LogP contribution in [0.3, 0.4) is 0 Å². The molecule has 4 rings (SSSR count). The van der Waals surface area contributed by atoms with Crippen LogP contribution in [0.25, 0.3) is 0 Å². The lowest BCUT2D eigenvalue weighted by molar-refractivity contribution is -0.105. The summed E-state index contributed by atoms with van der Waals surface area (Å²) in [4.78, 5) is 16.7. The molecule has 1 aromatic carbocycles. The smallest absolute Gasteiger partial charge is 0.410 e. The van der Waals surface area contributed by atoms with E-state index in [1.807, 2.05) is 25.7 Å². The topological polar surface area (TPSA) is 51.2 Å². The second-order valence-corrected chi connectivity index (χ2v) is 11.2. The van der Waals surface area contributed by atoms with E-state index in [4.69, 9.17) is 14.2 Å². The zero-order valence-electron chi connectivity index (χ0n) is 21.2. The van der Waals surface area contributed by atoms with Crippen molar-refractivity contribution in [3.05, 3.63) is 23.3 Å². The van der Waals surface area contributed by atoms with Gasteiger partial charge in [0.25, 0.3) is 0 Å². The molecule has 3 saturated heterocycles. The minimum absolute atomic E-state index is 0.0986. The molecule has 184 valence electrons. The lowest BCUT2D eigenvalue weighted by Gasteiger charge is -2.45. The molecule has 0 aliphatic carbocycles. The second kappa shape index (κ2) is 10.1. The van der Waals surface area contributed by atoms with E-state index in [1.54, 1.807) is 0 Å². The molecule has 1 aromatic rings. The highest BCUT2D eigenvalue weighted by atomic mass is 16.7. The number of benzene rings is 1. The van der Waals surface area contributed by atoms with Crippen LogP contribution in [0.4, 0.5) is 10.5 Å². The standard InChI is InChI=1S/C27H42N2O4/c1-19-14-23(32-24-8-6-7-13-31-24)15-20(2)25(19)29-17-22(18-29)16-21-9-11-28(12-10-21)26(30)33-27(3,4)5/h14-15,21-22,24H,6-13,16-18H2,1-5H3. The molecule has 1 atom stereocenters. The molecule has 0 aromatic heterocycles. The van der Waals surface area contributed by atoms with Gasteiger partial charge in [-0.3, -0.25) is 0 Å². The molecule has 3 aliphatic rings. The third kappa shape index (κ3) is 6.34. The first kappa shape index (κ1) is 24.2. The van der Waals surface area contributed by atoms with Crippen LogP contribution in [-0.2, 0) is 9.47 Å². The molecule has 0 saturated carbocycles. The third-order valence-corrected chi connectivity index (χ3v) is 7.08. The average Bonchev–Trinajstić information content (AvgIpc) is 2.71. The maximum atomic E-state index is 12.3. The van der Waals surface area contributed by atoms with Crippen molar-refractivity contribution >= 4 is 11.8 Å². The number of carbonyl (C=O) groups is 1. The fourth-order valence-electron chi connectivity index (χ4n) is 5.49. The fourth-order valence-corrected chi connectivity index (χ4v) is 5.49. The summed E-state index contributed by atoms with van der Waals surface area (Å²) in [6.45, 7) is 14.9. The van der Waals surface area contributed by atoms with Crippen LogP contribution in [0, 0.1) is 25.7 Å². The normalized spacial score (nSPS) is 22.8. The lowest BCUT2D eigenvalue weighted by Crippen LogP contribution is -2.49. The Morgan fingerprint density at radius 2 is 1.70 bits per heavy atom. The van der Waals surface area contributed by atoms with Crippen molar-refractivity contribution in [3.63, 3.8) is 0 Å². The van der Waals surface area contributed by atoms with Gasteiger partial charge in [0.2, 0.25) is 0 Å². The summed E-state index contributed by atoms with van der Waals surface area (Å²) in [5, 5.41) is 0. The number of nitrogens with zero attached hydrogens (tertiary/aromatic N) is 2. The zero-order valence-corrected chi connectivity index (χ0v) is 21.2. The van der Waals surface area contributed by atoms with Crippen LogP contribution >= 0.6 is 0 Å². The number of hydrogen-bond acceptors (Lipinski definition) is 5. The predicted molar refractivity (Wildman–Crippen MR) is 131 cm³/mol. The molecule has 6 nitrogen and oxygen atoms in total. The molecule has 33 heavy (non-hydrogen) atoms. The van der Waals surface area contributed by atoms with E-state index < -0.39 is 5.60 Å². The van der Waals surface area contributed by atoms with E-state index in [9.17, 15) is 4.79 Å². The maximum Gasteiger partial charge on any atom is 0.410 e. The molecule has 0 bridgehead atoms. The largest absolute Gasteiger partial charge is 0.465 e. The number of amides is 1. The minimum atomic E-state index is -0.423. The number of anilines is 1. The Morgan fingerprint density at radius 3 is 2.27 bits per heavy atom. The van der Waals surface area contributed by atoms with E-state index in [0.717, 1.165) is 70.1 Å². The van der Waals surface area contributed by atoms with Gasteiger partial charge in [0.15, 0.2) is 6.29 Å². The van der Waals surface area contributed by atoms with Crippen LogP contribution in [0.15, 0.2) is 12.1 Å². The van der Waals surface area contributed by atoms with E-state index in [1.165, 1.54) is 29.7 Å². The van der Waals surface area contributed by atoms with Crippen LogP contribution in [0.1, 0.15) is 70.4 Å². The van der Waals surface area contributed by atoms with Crippen molar-refractivity contribution < 1.29 is 19.0 Å². The molecule has 0 radical (unpaired) electrons. The summed E-state index contributed by atoms with van der Waals surface area (Å²) in [5.41, 5.74) is 3.51. The molecule has 1 amide bonds. The Hall–Kier alpha value is -1.95. The van der Waals surface area contributed by atoms with Gasteiger partial charge in [-0.25, -0.2) is 4.79 Å². The summed E-state index contributed by atoms with van der Waals surface area (Å²) in [6.07, 6.45) is 6.46. The molecular weight excluding hydrogens is 416 g/mol. The van der Waals surface area contributed by atoms with Crippen LogP contribution in [0.2, 0.25) is 0 Å². The predicted octanol–water partition coefficient (Wildman–Crippen LogP) is 5.68. The fraction of sp³-hybridized carbons (Fsp3) is 0.741. The monoisotopic (exact) mass is 458 g/mol. The molecule has 3 aliphatic heterocycles. The average molecular weight is 459 g/mol. The van der Waals surface area contributed by atoms with E-state index in [-0.39, 0.29) is 12.4 Å². The van der Waals surface area contributed by atoms with E-state index >= 15 is 0 Å². The number of carbonyl (C=O) groups excluding carboxylic acids is 1. The first-order valence-corrected chi connectivity index (χ1v) is 12.8. The van der Waals surface area contributed by atoms with Crippen LogP contribution in [-0.4, -0.2) is 55.7 Å². The van der Waals surface area contributed by atoms with Gasteiger partial charge in [0, 0.05) is 38.3 Å². The Labute approximate surface area is 199 Å². The van der Waals surface area contributed by atoms with Gasteiger partial charge in [0.05, 0.1) is 6.61 Å². The Morgan fingerprint density at radius 1 is 1.03 bits per heavy atom. The highest BCUT2D eigenvalue weighted by Gasteiger charge is 2.33. The summed E-state index contributed by atoms with van der Waals surface area (Å²) in [5.74, 6) is 2.38. The molecule has 3 fully saturated rings. The Balaban J connectivity index is 1.23. The number of rotatable bonds is 5. The lowest BCUT2D eigenvalue weighted by atomic mass is 9.83. The molecule has 0 spiro atoms. The summed E-state index contributed by atoms with van der Waals surface area (Å²) in [7, 11) is 0. The van der Waals surface area contributed by atoms with Gasteiger partial charge in [-0.1, -0.05) is 0 Å². The zero-order chi connectivity index (χ0) is 23.6. The summed E-state index contributed by atoms with van der Waals surface area (Å²) >= 11 is 0. The molecule has 6 heteroatoms. The van der Waals surface area contributed by atoms with Gasteiger partial charge >= 0.3 is 6.09 Å². The number of hydrogen-bond donors (Lipinski definition) is 0. The van der Waals surface area contributed by atoms with Crippen molar-refractivity contribution in [2.45, 2.75) is 85.0 Å². The van der Waals surface area contributed by atoms with Crippen molar-refractivity contribution in [2.75, 3.05) is 37.7 Å². The molecule has 1 unspecified atom stereocenters.